The summed E-state index contributed by atoms with van der Waals surface area (Å²) in [7, 11) is 1.55. The molecule has 0 aliphatic heterocycles. The molecule has 4 nitrogen and oxygen atoms in total. The van der Waals surface area contributed by atoms with Gasteiger partial charge in [-0.3, -0.25) is 0 Å². The van der Waals surface area contributed by atoms with E-state index in [1.54, 1.807) is 19.2 Å². The van der Waals surface area contributed by atoms with Gasteiger partial charge in [0.15, 0.2) is 11.5 Å². The summed E-state index contributed by atoms with van der Waals surface area (Å²) in [6, 6.07) is 8.30. The molecule has 2 aromatic rings. The maximum atomic E-state index is 13.9. The second kappa shape index (κ2) is 10.1. The standard InChI is InChI=1S/C19H22BrClFNO3/c1-3-13(10-24)23-9-12-7-15(20)19(18(8-12)25-2)26-11-14-16(21)5-4-6-17(14)22/h4-8,13,23-24H,3,9-11H2,1-2H3. The van der Waals surface area contributed by atoms with Gasteiger partial charge in [0.1, 0.15) is 12.4 Å². The number of halogens is 3. The van der Waals surface area contributed by atoms with E-state index in [4.69, 9.17) is 21.1 Å². The van der Waals surface area contributed by atoms with E-state index < -0.39 is 5.82 Å². The van der Waals surface area contributed by atoms with Crippen LogP contribution >= 0.6 is 27.5 Å². The zero-order chi connectivity index (χ0) is 19.1. The number of hydrogen-bond donors (Lipinski definition) is 2. The van der Waals surface area contributed by atoms with Crippen molar-refractivity contribution >= 4 is 27.5 Å². The first-order chi connectivity index (χ1) is 12.5. The van der Waals surface area contributed by atoms with E-state index in [0.29, 0.717) is 33.1 Å². The molecule has 0 fully saturated rings. The number of aliphatic hydroxyl groups excluding tert-OH is 1. The van der Waals surface area contributed by atoms with Crippen LogP contribution in [0.25, 0.3) is 0 Å². The fraction of sp³-hybridized carbons (Fsp3) is 0.368. The highest BCUT2D eigenvalue weighted by atomic mass is 79.9. The Morgan fingerprint density at radius 2 is 2.12 bits per heavy atom. The SMILES string of the molecule is CCC(CO)NCc1cc(Br)c(OCc2c(F)cccc2Cl)c(OC)c1. The predicted molar refractivity (Wildman–Crippen MR) is 104 cm³/mol. The van der Waals surface area contributed by atoms with Gasteiger partial charge in [-0.25, -0.2) is 4.39 Å². The van der Waals surface area contributed by atoms with Crippen molar-refractivity contribution in [3.8, 4) is 11.5 Å². The predicted octanol–water partition coefficient (Wildman–Crippen LogP) is 4.69. The summed E-state index contributed by atoms with van der Waals surface area (Å²) in [5, 5.41) is 12.9. The van der Waals surface area contributed by atoms with Gasteiger partial charge in [0.2, 0.25) is 0 Å². The fourth-order valence-corrected chi connectivity index (χ4v) is 3.25. The van der Waals surface area contributed by atoms with Crippen LogP contribution in [0.2, 0.25) is 5.02 Å². The lowest BCUT2D eigenvalue weighted by molar-refractivity contribution is 0.238. The van der Waals surface area contributed by atoms with Crippen molar-refractivity contribution in [2.24, 2.45) is 0 Å². The molecule has 0 aliphatic carbocycles. The Bertz CT molecular complexity index is 721. The molecular formula is C19H22BrClFNO3. The third kappa shape index (κ3) is 5.33. The zero-order valence-corrected chi connectivity index (χ0v) is 17.0. The summed E-state index contributed by atoms with van der Waals surface area (Å²) >= 11 is 9.52. The number of aliphatic hydroxyl groups is 1. The Morgan fingerprint density at radius 3 is 2.73 bits per heavy atom. The maximum Gasteiger partial charge on any atom is 0.175 e. The van der Waals surface area contributed by atoms with Gasteiger partial charge < -0.3 is 19.9 Å². The van der Waals surface area contributed by atoms with Gasteiger partial charge >= 0.3 is 0 Å². The molecule has 1 atom stereocenters. The van der Waals surface area contributed by atoms with Gasteiger partial charge in [-0.15, -0.1) is 0 Å². The van der Waals surface area contributed by atoms with Crippen LogP contribution in [0.5, 0.6) is 11.5 Å². The summed E-state index contributed by atoms with van der Waals surface area (Å²) in [6.07, 6.45) is 0.833. The molecule has 0 saturated carbocycles. The Labute approximate surface area is 166 Å². The van der Waals surface area contributed by atoms with Crippen LogP contribution in [0.15, 0.2) is 34.8 Å². The molecule has 0 heterocycles. The van der Waals surface area contributed by atoms with Crippen molar-refractivity contribution in [2.45, 2.75) is 32.5 Å². The van der Waals surface area contributed by atoms with Crippen LogP contribution in [0.1, 0.15) is 24.5 Å². The van der Waals surface area contributed by atoms with Crippen molar-refractivity contribution in [2.75, 3.05) is 13.7 Å². The minimum absolute atomic E-state index is 0.0134. The molecule has 1 unspecified atom stereocenters. The van der Waals surface area contributed by atoms with E-state index in [0.717, 1.165) is 12.0 Å². The van der Waals surface area contributed by atoms with Crippen molar-refractivity contribution in [1.29, 1.82) is 0 Å². The summed E-state index contributed by atoms with van der Waals surface area (Å²) in [4.78, 5) is 0. The Hall–Kier alpha value is -1.34. The lowest BCUT2D eigenvalue weighted by Crippen LogP contribution is -2.31. The number of nitrogens with one attached hydrogen (secondary N) is 1. The topological polar surface area (TPSA) is 50.7 Å². The Kier molecular flexibility index (Phi) is 8.15. The molecule has 2 rings (SSSR count). The average Bonchev–Trinajstić information content (AvgIpc) is 2.63. The summed E-state index contributed by atoms with van der Waals surface area (Å²) in [6.45, 7) is 2.66. The molecule has 0 spiro atoms. The lowest BCUT2D eigenvalue weighted by Gasteiger charge is -2.17. The largest absolute Gasteiger partial charge is 0.493 e. The second-order valence-corrected chi connectivity index (χ2v) is 7.03. The highest BCUT2D eigenvalue weighted by Gasteiger charge is 2.15. The Morgan fingerprint density at radius 1 is 1.35 bits per heavy atom. The van der Waals surface area contributed by atoms with Gasteiger partial charge in [0.25, 0.3) is 0 Å². The van der Waals surface area contributed by atoms with Crippen LogP contribution in [0.3, 0.4) is 0 Å². The third-order valence-electron chi connectivity index (χ3n) is 4.02. The number of methoxy groups -OCH3 is 1. The quantitative estimate of drug-likeness (QED) is 0.587. The number of benzene rings is 2. The van der Waals surface area contributed by atoms with Crippen LogP contribution in [-0.4, -0.2) is 24.9 Å². The van der Waals surface area contributed by atoms with Gasteiger partial charge in [0, 0.05) is 18.2 Å². The van der Waals surface area contributed by atoms with Crippen molar-refractivity contribution < 1.29 is 19.0 Å². The van der Waals surface area contributed by atoms with Gasteiger partial charge in [-0.05, 0) is 52.2 Å². The van der Waals surface area contributed by atoms with Crippen LogP contribution in [0, 0.1) is 5.82 Å². The molecule has 0 bridgehead atoms. The number of ether oxygens (including phenoxy) is 2. The van der Waals surface area contributed by atoms with E-state index in [-0.39, 0.29) is 19.3 Å². The molecular weight excluding hydrogens is 425 g/mol. The average molecular weight is 447 g/mol. The first kappa shape index (κ1) is 21.0. The highest BCUT2D eigenvalue weighted by molar-refractivity contribution is 9.10. The normalized spacial score (nSPS) is 12.1. The highest BCUT2D eigenvalue weighted by Crippen LogP contribution is 2.37. The molecule has 142 valence electrons. The van der Waals surface area contributed by atoms with Crippen LogP contribution in [-0.2, 0) is 13.2 Å². The van der Waals surface area contributed by atoms with E-state index in [2.05, 4.69) is 21.2 Å². The fourth-order valence-electron chi connectivity index (χ4n) is 2.43. The first-order valence-electron chi connectivity index (χ1n) is 8.26. The van der Waals surface area contributed by atoms with E-state index >= 15 is 0 Å². The monoisotopic (exact) mass is 445 g/mol. The van der Waals surface area contributed by atoms with Crippen molar-refractivity contribution in [3.63, 3.8) is 0 Å². The second-order valence-electron chi connectivity index (χ2n) is 5.77. The zero-order valence-electron chi connectivity index (χ0n) is 14.7. The minimum Gasteiger partial charge on any atom is -0.493 e. The minimum atomic E-state index is -0.414. The van der Waals surface area contributed by atoms with Crippen LogP contribution in [0.4, 0.5) is 4.39 Å². The molecule has 0 amide bonds. The molecule has 0 saturated heterocycles. The first-order valence-corrected chi connectivity index (χ1v) is 9.43. The molecule has 26 heavy (non-hydrogen) atoms. The van der Waals surface area contributed by atoms with Gasteiger partial charge in [-0.2, -0.15) is 0 Å². The summed E-state index contributed by atoms with van der Waals surface area (Å²) < 4.78 is 25.8. The van der Waals surface area contributed by atoms with Crippen molar-refractivity contribution in [3.05, 3.63) is 56.8 Å². The van der Waals surface area contributed by atoms with E-state index in [1.807, 2.05) is 19.1 Å². The Balaban J connectivity index is 2.16. The van der Waals surface area contributed by atoms with Crippen molar-refractivity contribution in [1.82, 2.24) is 5.32 Å². The van der Waals surface area contributed by atoms with Gasteiger partial charge in [0.05, 0.1) is 23.2 Å². The maximum absolute atomic E-state index is 13.9. The number of rotatable bonds is 9. The van der Waals surface area contributed by atoms with Gasteiger partial charge in [-0.1, -0.05) is 24.6 Å². The molecule has 2 aromatic carbocycles. The summed E-state index contributed by atoms with van der Waals surface area (Å²) in [5.41, 5.74) is 1.26. The number of hydrogen-bond acceptors (Lipinski definition) is 4. The van der Waals surface area contributed by atoms with E-state index in [9.17, 15) is 9.50 Å². The molecule has 2 N–H and O–H groups in total. The summed E-state index contributed by atoms with van der Waals surface area (Å²) in [5.74, 6) is 0.591. The third-order valence-corrected chi connectivity index (χ3v) is 4.96. The smallest absolute Gasteiger partial charge is 0.175 e. The molecule has 0 radical (unpaired) electrons. The lowest BCUT2D eigenvalue weighted by atomic mass is 10.1. The molecule has 7 heteroatoms. The van der Waals surface area contributed by atoms with Crippen LogP contribution < -0.4 is 14.8 Å². The molecule has 0 aromatic heterocycles. The molecule has 0 aliphatic rings. The van der Waals surface area contributed by atoms with E-state index in [1.165, 1.54) is 6.07 Å².